The highest BCUT2D eigenvalue weighted by molar-refractivity contribution is 6.09. The van der Waals surface area contributed by atoms with Crippen LogP contribution in [0.2, 0.25) is 0 Å². The van der Waals surface area contributed by atoms with Gasteiger partial charge in [-0.25, -0.2) is 0 Å². The van der Waals surface area contributed by atoms with Crippen LogP contribution in [0.3, 0.4) is 0 Å². The van der Waals surface area contributed by atoms with Gasteiger partial charge in [0.25, 0.3) is 0 Å². The quantitative estimate of drug-likeness (QED) is 0.172. The molecule has 0 bridgehead atoms. The fraction of sp³-hybridized carbons (Fsp3) is 0.0196. The van der Waals surface area contributed by atoms with E-state index in [1.54, 1.807) is 0 Å². The second kappa shape index (κ2) is 11.6. The molecule has 0 saturated carbocycles. The maximum atomic E-state index is 2.37. The van der Waals surface area contributed by atoms with E-state index >= 15 is 0 Å². The van der Waals surface area contributed by atoms with Crippen molar-refractivity contribution in [1.82, 2.24) is 9.13 Å². The van der Waals surface area contributed by atoms with Crippen LogP contribution in [0.15, 0.2) is 206 Å². The van der Waals surface area contributed by atoms with Crippen LogP contribution in [0, 0.1) is 0 Å². The van der Waals surface area contributed by atoms with Crippen molar-refractivity contribution >= 4 is 32.7 Å². The van der Waals surface area contributed by atoms with E-state index in [1.165, 1.54) is 77.2 Å². The zero-order chi connectivity index (χ0) is 34.9. The maximum Gasteiger partial charge on any atom is 0.0713 e. The Morgan fingerprint density at radius 2 is 0.887 bits per heavy atom. The minimum Gasteiger partial charge on any atom is -0.317 e. The van der Waals surface area contributed by atoms with Crippen molar-refractivity contribution in [3.8, 4) is 33.6 Å². The molecule has 0 radical (unpaired) electrons. The van der Waals surface area contributed by atoms with Gasteiger partial charge in [0.05, 0.1) is 22.0 Å². The van der Waals surface area contributed by atoms with Gasteiger partial charge in [0, 0.05) is 33.7 Å². The summed E-state index contributed by atoms with van der Waals surface area (Å²) in [6.45, 7) is 0. The van der Waals surface area contributed by atoms with E-state index in [0.29, 0.717) is 0 Å². The number of hydrogen-bond acceptors (Lipinski definition) is 0. The first-order valence-corrected chi connectivity index (χ1v) is 18.3. The van der Waals surface area contributed by atoms with Crippen LogP contribution in [0.5, 0.6) is 0 Å². The highest BCUT2D eigenvalue weighted by Gasteiger charge is 2.45. The van der Waals surface area contributed by atoms with Gasteiger partial charge < -0.3 is 9.13 Å². The molecule has 2 nitrogen and oxygen atoms in total. The summed E-state index contributed by atoms with van der Waals surface area (Å²) < 4.78 is 4.65. The largest absolute Gasteiger partial charge is 0.317 e. The topological polar surface area (TPSA) is 9.86 Å². The molecule has 2 heterocycles. The number of hydrogen-bond donors (Lipinski definition) is 0. The lowest BCUT2D eigenvalue weighted by atomic mass is 9.67. The molecule has 53 heavy (non-hydrogen) atoms. The molecule has 8 aromatic carbocycles. The van der Waals surface area contributed by atoms with Crippen molar-refractivity contribution in [3.63, 3.8) is 0 Å². The van der Waals surface area contributed by atoms with Gasteiger partial charge in [0.15, 0.2) is 0 Å². The molecule has 0 N–H and O–H groups in total. The molecule has 0 saturated heterocycles. The molecule has 1 aliphatic rings. The van der Waals surface area contributed by atoms with Gasteiger partial charge in [-0.3, -0.25) is 0 Å². The van der Waals surface area contributed by atoms with Crippen molar-refractivity contribution in [1.29, 1.82) is 0 Å². The Hall–Kier alpha value is -6.90. The van der Waals surface area contributed by atoms with Crippen LogP contribution in [0.25, 0.3) is 66.3 Å². The number of para-hydroxylation sites is 2. The second-order valence-electron chi connectivity index (χ2n) is 14.1. The SMILES string of the molecule is c1ccc(C2(c3ccc(-c4ccc5c(ccn5-c5ccc(-n6c7ccccc7c7ccccc76)cc5)c4)cc3)c3ccccc3-c3ccccc32)cc1. The van der Waals surface area contributed by atoms with Gasteiger partial charge in [-0.1, -0.05) is 146 Å². The van der Waals surface area contributed by atoms with Crippen LogP contribution in [0.4, 0.5) is 0 Å². The van der Waals surface area contributed by atoms with Crippen LogP contribution in [-0.4, -0.2) is 9.13 Å². The molecule has 2 aromatic heterocycles. The lowest BCUT2D eigenvalue weighted by Gasteiger charge is -2.34. The third-order valence-electron chi connectivity index (χ3n) is 11.5. The van der Waals surface area contributed by atoms with Crippen LogP contribution >= 0.6 is 0 Å². The Bertz CT molecular complexity index is 2880. The number of rotatable bonds is 5. The highest BCUT2D eigenvalue weighted by Crippen LogP contribution is 2.56. The normalized spacial score (nSPS) is 13.1. The van der Waals surface area contributed by atoms with Crippen LogP contribution in [0.1, 0.15) is 22.3 Å². The van der Waals surface area contributed by atoms with E-state index in [4.69, 9.17) is 0 Å². The van der Waals surface area contributed by atoms with Crippen molar-refractivity contribution in [2.24, 2.45) is 0 Å². The Labute approximate surface area is 308 Å². The first kappa shape index (κ1) is 29.8. The van der Waals surface area contributed by atoms with E-state index in [1.807, 2.05) is 0 Å². The third-order valence-corrected chi connectivity index (χ3v) is 11.5. The molecule has 2 heteroatoms. The predicted octanol–water partition coefficient (Wildman–Crippen LogP) is 12.8. The molecule has 0 unspecified atom stereocenters. The van der Waals surface area contributed by atoms with Crippen molar-refractivity contribution in [2.75, 3.05) is 0 Å². The van der Waals surface area contributed by atoms with E-state index in [-0.39, 0.29) is 5.41 Å². The fourth-order valence-electron chi connectivity index (χ4n) is 9.13. The third kappa shape index (κ3) is 4.33. The van der Waals surface area contributed by atoms with Gasteiger partial charge in [-0.15, -0.1) is 0 Å². The summed E-state index contributed by atoms with van der Waals surface area (Å²) in [4.78, 5) is 0. The number of nitrogens with zero attached hydrogens (tertiary/aromatic N) is 2. The van der Waals surface area contributed by atoms with Gasteiger partial charge in [0.1, 0.15) is 0 Å². The number of fused-ring (bicyclic) bond motifs is 7. The summed E-state index contributed by atoms with van der Waals surface area (Å²) in [5.41, 5.74) is 15.9. The lowest BCUT2D eigenvalue weighted by molar-refractivity contribution is 0.768. The van der Waals surface area contributed by atoms with Gasteiger partial charge >= 0.3 is 0 Å². The second-order valence-corrected chi connectivity index (χ2v) is 14.1. The fourth-order valence-corrected chi connectivity index (χ4v) is 9.13. The number of aromatic nitrogens is 2. The highest BCUT2D eigenvalue weighted by atomic mass is 15.0. The van der Waals surface area contributed by atoms with Gasteiger partial charge in [0.2, 0.25) is 0 Å². The monoisotopic (exact) mass is 674 g/mol. The molecule has 0 atom stereocenters. The van der Waals surface area contributed by atoms with Crippen molar-refractivity contribution < 1.29 is 0 Å². The van der Waals surface area contributed by atoms with Crippen LogP contribution < -0.4 is 0 Å². The van der Waals surface area contributed by atoms with Gasteiger partial charge in [-0.2, -0.15) is 0 Å². The molecule has 248 valence electrons. The lowest BCUT2D eigenvalue weighted by Crippen LogP contribution is -2.28. The van der Waals surface area contributed by atoms with E-state index in [0.717, 1.165) is 11.4 Å². The summed E-state index contributed by atoms with van der Waals surface area (Å²) in [6.07, 6.45) is 2.19. The van der Waals surface area contributed by atoms with Crippen molar-refractivity contribution in [3.05, 3.63) is 229 Å². The first-order valence-electron chi connectivity index (χ1n) is 18.3. The first-order chi connectivity index (χ1) is 26.3. The zero-order valence-corrected chi connectivity index (χ0v) is 29.0. The smallest absolute Gasteiger partial charge is 0.0713 e. The molecule has 0 aliphatic heterocycles. The molecule has 0 amide bonds. The minimum atomic E-state index is -0.384. The molecular weight excluding hydrogens is 641 g/mol. The molecular formula is C51H34N2. The molecule has 11 rings (SSSR count). The van der Waals surface area contributed by atoms with E-state index in [2.05, 4.69) is 216 Å². The summed E-state index contributed by atoms with van der Waals surface area (Å²) in [5, 5.41) is 3.77. The maximum absolute atomic E-state index is 2.37. The average molecular weight is 675 g/mol. The van der Waals surface area contributed by atoms with Crippen molar-refractivity contribution in [2.45, 2.75) is 5.41 Å². The standard InChI is InChI=1S/C51H34N2/c1-2-12-38(13-3-1)51(46-18-8-4-14-42(46)43-15-5-9-19-47(43)51)39-25-22-35(23-26-39)36-24-31-48-37(34-36)32-33-52(48)40-27-29-41(30-28-40)53-49-20-10-6-16-44(49)45-17-7-11-21-50(45)53/h1-34H. The average Bonchev–Trinajstić information content (AvgIpc) is 3.90. The van der Waals surface area contributed by atoms with Crippen LogP contribution in [-0.2, 0) is 5.41 Å². The number of benzene rings is 8. The Morgan fingerprint density at radius 1 is 0.358 bits per heavy atom. The van der Waals surface area contributed by atoms with Gasteiger partial charge in [-0.05, 0) is 99.1 Å². The Balaban J connectivity index is 0.953. The summed E-state index contributed by atoms with van der Waals surface area (Å²) >= 11 is 0. The zero-order valence-electron chi connectivity index (χ0n) is 29.0. The Morgan fingerprint density at radius 3 is 1.55 bits per heavy atom. The van der Waals surface area contributed by atoms with E-state index < -0.39 is 0 Å². The summed E-state index contributed by atoms with van der Waals surface area (Å²) in [7, 11) is 0. The molecule has 1 aliphatic carbocycles. The summed E-state index contributed by atoms with van der Waals surface area (Å²) in [6, 6.07) is 73.5. The minimum absolute atomic E-state index is 0.384. The molecule has 0 spiro atoms. The Kier molecular flexibility index (Phi) is 6.50. The molecule has 10 aromatic rings. The molecule has 0 fully saturated rings. The summed E-state index contributed by atoms with van der Waals surface area (Å²) in [5.74, 6) is 0. The van der Waals surface area contributed by atoms with E-state index in [9.17, 15) is 0 Å². The predicted molar refractivity (Wildman–Crippen MR) is 220 cm³/mol.